The average Bonchev–Trinajstić information content (AvgIpc) is 2.47. The van der Waals surface area contributed by atoms with Gasteiger partial charge in [-0.15, -0.1) is 0 Å². The van der Waals surface area contributed by atoms with Crippen LogP contribution >= 0.6 is 23.2 Å². The van der Waals surface area contributed by atoms with Crippen molar-refractivity contribution in [1.82, 2.24) is 5.32 Å². The predicted octanol–water partition coefficient (Wildman–Crippen LogP) is 3.25. The number of halogens is 2. The lowest BCUT2D eigenvalue weighted by molar-refractivity contribution is -0.136. The van der Waals surface area contributed by atoms with Gasteiger partial charge in [0.05, 0.1) is 10.7 Å². The molecule has 2 N–H and O–H groups in total. The number of nitrogens with one attached hydrogen (secondary N) is 2. The van der Waals surface area contributed by atoms with Crippen LogP contribution in [0.15, 0.2) is 48.5 Å². The molecular weight excluding hydrogens is 311 g/mol. The third-order valence-corrected chi connectivity index (χ3v) is 3.24. The molecule has 0 atom stereocenters. The molecule has 0 saturated heterocycles. The number of rotatable bonds is 3. The summed E-state index contributed by atoms with van der Waals surface area (Å²) in [5.74, 6) is -1.51. The van der Waals surface area contributed by atoms with E-state index in [0.29, 0.717) is 15.7 Å². The first kappa shape index (κ1) is 15.4. The van der Waals surface area contributed by atoms with Crippen molar-refractivity contribution in [1.29, 1.82) is 0 Å². The van der Waals surface area contributed by atoms with Gasteiger partial charge in [0.1, 0.15) is 0 Å². The Morgan fingerprint density at radius 3 is 2.43 bits per heavy atom. The van der Waals surface area contributed by atoms with Gasteiger partial charge in [-0.1, -0.05) is 47.5 Å². The number of para-hydroxylation sites is 1. The number of carbonyl (C=O) groups excluding carboxylic acids is 2. The van der Waals surface area contributed by atoms with Crippen LogP contribution in [0.5, 0.6) is 0 Å². The van der Waals surface area contributed by atoms with Crippen LogP contribution in [0.1, 0.15) is 5.56 Å². The molecule has 2 rings (SSSR count). The largest absolute Gasteiger partial charge is 0.344 e. The average molecular weight is 323 g/mol. The quantitative estimate of drug-likeness (QED) is 0.852. The zero-order chi connectivity index (χ0) is 15.2. The summed E-state index contributed by atoms with van der Waals surface area (Å²) in [6, 6.07) is 13.7. The van der Waals surface area contributed by atoms with Gasteiger partial charge in [0.25, 0.3) is 0 Å². The van der Waals surface area contributed by atoms with E-state index in [4.69, 9.17) is 23.2 Å². The summed E-state index contributed by atoms with van der Waals surface area (Å²) in [5, 5.41) is 5.90. The zero-order valence-electron chi connectivity index (χ0n) is 10.9. The van der Waals surface area contributed by atoms with Crippen molar-refractivity contribution in [3.05, 3.63) is 64.1 Å². The van der Waals surface area contributed by atoms with E-state index in [0.717, 1.165) is 5.56 Å². The lowest BCUT2D eigenvalue weighted by atomic mass is 10.2. The van der Waals surface area contributed by atoms with Crippen LogP contribution in [0.2, 0.25) is 10.0 Å². The van der Waals surface area contributed by atoms with Crippen LogP contribution < -0.4 is 10.6 Å². The van der Waals surface area contributed by atoms with E-state index in [1.54, 1.807) is 48.5 Å². The molecule has 108 valence electrons. The molecule has 0 spiro atoms. The van der Waals surface area contributed by atoms with Crippen LogP contribution in [0.4, 0.5) is 5.69 Å². The molecule has 21 heavy (non-hydrogen) atoms. The Kier molecular flexibility index (Phi) is 5.20. The molecule has 0 aliphatic rings. The summed E-state index contributed by atoms with van der Waals surface area (Å²) in [6.45, 7) is 0.218. The Morgan fingerprint density at radius 2 is 1.71 bits per heavy atom. The number of amides is 2. The third-order valence-electron chi connectivity index (χ3n) is 2.67. The smallest absolute Gasteiger partial charge is 0.313 e. The van der Waals surface area contributed by atoms with Gasteiger partial charge in [0.15, 0.2) is 0 Å². The lowest BCUT2D eigenvalue weighted by Crippen LogP contribution is -2.35. The second-order valence-electron chi connectivity index (χ2n) is 4.25. The summed E-state index contributed by atoms with van der Waals surface area (Å²) in [5.41, 5.74) is 1.20. The highest BCUT2D eigenvalue weighted by Gasteiger charge is 2.14. The van der Waals surface area contributed by atoms with Crippen LogP contribution in [-0.2, 0) is 16.1 Å². The molecule has 0 aliphatic heterocycles. The van der Waals surface area contributed by atoms with Crippen molar-refractivity contribution in [2.24, 2.45) is 0 Å². The molecule has 0 radical (unpaired) electrons. The van der Waals surface area contributed by atoms with E-state index in [1.165, 1.54) is 0 Å². The summed E-state index contributed by atoms with van der Waals surface area (Å²) in [4.78, 5) is 23.5. The van der Waals surface area contributed by atoms with Crippen molar-refractivity contribution in [3.63, 3.8) is 0 Å². The van der Waals surface area contributed by atoms with Gasteiger partial charge < -0.3 is 10.6 Å². The fourth-order valence-electron chi connectivity index (χ4n) is 1.65. The van der Waals surface area contributed by atoms with Gasteiger partial charge in [0.2, 0.25) is 0 Å². The van der Waals surface area contributed by atoms with Crippen molar-refractivity contribution >= 4 is 40.7 Å². The SMILES string of the molecule is O=C(NCc1cccc(Cl)c1)C(=O)Nc1ccccc1Cl. The van der Waals surface area contributed by atoms with Gasteiger partial charge in [-0.25, -0.2) is 0 Å². The van der Waals surface area contributed by atoms with E-state index in [9.17, 15) is 9.59 Å². The van der Waals surface area contributed by atoms with E-state index >= 15 is 0 Å². The second-order valence-corrected chi connectivity index (χ2v) is 5.09. The standard InChI is InChI=1S/C15H12Cl2N2O2/c16-11-5-3-4-10(8-11)9-18-14(20)15(21)19-13-7-2-1-6-12(13)17/h1-8H,9H2,(H,18,20)(H,19,21). The number of benzene rings is 2. The Bertz CT molecular complexity index is 674. The highest BCUT2D eigenvalue weighted by Crippen LogP contribution is 2.20. The van der Waals surface area contributed by atoms with Gasteiger partial charge >= 0.3 is 11.8 Å². The zero-order valence-corrected chi connectivity index (χ0v) is 12.4. The minimum absolute atomic E-state index is 0.218. The highest BCUT2D eigenvalue weighted by molar-refractivity contribution is 6.41. The molecule has 0 aliphatic carbocycles. The van der Waals surface area contributed by atoms with E-state index < -0.39 is 11.8 Å². The number of anilines is 1. The molecule has 0 unspecified atom stereocenters. The summed E-state index contributed by atoms with van der Waals surface area (Å²) in [7, 11) is 0. The predicted molar refractivity (Wildman–Crippen MR) is 83.4 cm³/mol. The van der Waals surface area contributed by atoms with Crippen LogP contribution in [0, 0.1) is 0 Å². The normalized spacial score (nSPS) is 10.0. The Hall–Kier alpha value is -2.04. The van der Waals surface area contributed by atoms with E-state index in [2.05, 4.69) is 10.6 Å². The minimum Gasteiger partial charge on any atom is -0.344 e. The second kappa shape index (κ2) is 7.11. The Labute approximate surface area is 132 Å². The molecule has 2 aromatic rings. The molecule has 2 aromatic carbocycles. The maximum atomic E-state index is 11.7. The maximum Gasteiger partial charge on any atom is 0.313 e. The first-order valence-corrected chi connectivity index (χ1v) is 6.90. The van der Waals surface area contributed by atoms with Gasteiger partial charge in [-0.3, -0.25) is 9.59 Å². The van der Waals surface area contributed by atoms with E-state index in [-0.39, 0.29) is 6.54 Å². The highest BCUT2D eigenvalue weighted by atomic mass is 35.5. The summed E-state index contributed by atoms with van der Waals surface area (Å²) in [6.07, 6.45) is 0. The number of hydrogen-bond donors (Lipinski definition) is 2. The van der Waals surface area contributed by atoms with Gasteiger partial charge in [-0.2, -0.15) is 0 Å². The third kappa shape index (κ3) is 4.48. The topological polar surface area (TPSA) is 58.2 Å². The molecular formula is C15H12Cl2N2O2. The van der Waals surface area contributed by atoms with Gasteiger partial charge in [0, 0.05) is 11.6 Å². The molecule has 0 fully saturated rings. The van der Waals surface area contributed by atoms with Crippen molar-refractivity contribution < 1.29 is 9.59 Å². The molecule has 0 aromatic heterocycles. The van der Waals surface area contributed by atoms with Crippen molar-refractivity contribution in [2.75, 3.05) is 5.32 Å². The number of carbonyl (C=O) groups is 2. The van der Waals surface area contributed by atoms with Crippen LogP contribution in [0.25, 0.3) is 0 Å². The van der Waals surface area contributed by atoms with Crippen molar-refractivity contribution in [3.8, 4) is 0 Å². The molecule has 0 bridgehead atoms. The number of hydrogen-bond acceptors (Lipinski definition) is 2. The maximum absolute atomic E-state index is 11.7. The molecule has 0 heterocycles. The fraction of sp³-hybridized carbons (Fsp3) is 0.0667. The van der Waals surface area contributed by atoms with Gasteiger partial charge in [-0.05, 0) is 29.8 Å². The molecule has 4 nitrogen and oxygen atoms in total. The van der Waals surface area contributed by atoms with E-state index in [1.807, 2.05) is 0 Å². The van der Waals surface area contributed by atoms with Crippen LogP contribution in [-0.4, -0.2) is 11.8 Å². The monoisotopic (exact) mass is 322 g/mol. The molecule has 0 saturated carbocycles. The van der Waals surface area contributed by atoms with Crippen molar-refractivity contribution in [2.45, 2.75) is 6.54 Å². The Balaban J connectivity index is 1.91. The fourth-order valence-corrected chi connectivity index (χ4v) is 2.05. The first-order chi connectivity index (χ1) is 10.1. The molecule has 6 heteroatoms. The first-order valence-electron chi connectivity index (χ1n) is 6.14. The Morgan fingerprint density at radius 1 is 0.952 bits per heavy atom. The summed E-state index contributed by atoms with van der Waals surface area (Å²) >= 11 is 11.7. The molecule has 2 amide bonds. The lowest BCUT2D eigenvalue weighted by Gasteiger charge is -2.08. The minimum atomic E-state index is -0.773. The van der Waals surface area contributed by atoms with Crippen LogP contribution in [0.3, 0.4) is 0 Å². The summed E-state index contributed by atoms with van der Waals surface area (Å²) < 4.78 is 0.